The van der Waals surface area contributed by atoms with Crippen LogP contribution in [-0.2, 0) is 6.54 Å². The minimum atomic E-state index is -0.216. The lowest BCUT2D eigenvalue weighted by Gasteiger charge is -2.27. The molecule has 0 saturated carbocycles. The molecule has 1 atom stereocenters. The fourth-order valence-corrected chi connectivity index (χ4v) is 3.82. The van der Waals surface area contributed by atoms with Crippen molar-refractivity contribution in [1.82, 2.24) is 4.98 Å². The van der Waals surface area contributed by atoms with Gasteiger partial charge in [-0.2, -0.15) is 0 Å². The van der Waals surface area contributed by atoms with Crippen molar-refractivity contribution in [3.8, 4) is 23.1 Å². The van der Waals surface area contributed by atoms with Crippen LogP contribution in [0.25, 0.3) is 0 Å². The molecule has 7 nitrogen and oxygen atoms in total. The molecule has 1 aliphatic rings. The highest BCUT2D eigenvalue weighted by atomic mass is 16.5. The molecule has 7 heteroatoms. The van der Waals surface area contributed by atoms with Crippen LogP contribution in [-0.4, -0.2) is 17.2 Å². The highest BCUT2D eigenvalue weighted by Gasteiger charge is 2.36. The van der Waals surface area contributed by atoms with Crippen LogP contribution in [0.4, 0.5) is 5.82 Å². The summed E-state index contributed by atoms with van der Waals surface area (Å²) in [6, 6.07) is 16.6. The number of ether oxygens (including phenoxy) is 2. The van der Waals surface area contributed by atoms with E-state index in [9.17, 15) is 5.11 Å². The fraction of sp³-hybridized carbons (Fsp3) is 0.130. The summed E-state index contributed by atoms with van der Waals surface area (Å²) in [5, 5.41) is 9.95. The van der Waals surface area contributed by atoms with Gasteiger partial charge in [-0.15, -0.1) is 0 Å². The Labute approximate surface area is 172 Å². The average molecular weight is 402 g/mol. The quantitative estimate of drug-likeness (QED) is 0.446. The minimum Gasteiger partial charge on any atom is -0.508 e. The van der Waals surface area contributed by atoms with Crippen LogP contribution in [0.15, 0.2) is 71.6 Å². The Bertz CT molecular complexity index is 1200. The molecule has 0 amide bonds. The van der Waals surface area contributed by atoms with Crippen LogP contribution in [0.3, 0.4) is 0 Å². The number of fused-ring (bicyclic) bond motifs is 2. The third kappa shape index (κ3) is 3.00. The molecule has 0 spiro atoms. The Hall–Kier alpha value is -4.00. The van der Waals surface area contributed by atoms with Gasteiger partial charge in [0.25, 0.3) is 0 Å². The summed E-state index contributed by atoms with van der Waals surface area (Å²) >= 11 is 0. The monoisotopic (exact) mass is 402 g/mol. The maximum absolute atomic E-state index is 9.95. The summed E-state index contributed by atoms with van der Waals surface area (Å²) < 4.78 is 18.6. The van der Waals surface area contributed by atoms with E-state index in [0.717, 1.165) is 28.2 Å². The Kier molecular flexibility index (Phi) is 4.28. The molecule has 5 rings (SSSR count). The van der Waals surface area contributed by atoms with Crippen LogP contribution >= 0.6 is 0 Å². The van der Waals surface area contributed by atoms with Crippen LogP contribution in [0.1, 0.15) is 28.4 Å². The second-order valence-electron chi connectivity index (χ2n) is 7.09. The zero-order valence-electron chi connectivity index (χ0n) is 16.3. The normalized spacial score (nSPS) is 14.5. The molecule has 0 aliphatic carbocycles. The Balaban J connectivity index is 1.68. The average Bonchev–Trinajstić information content (AvgIpc) is 3.27. The number of nitrogens with two attached hydrogens (primary N) is 1. The van der Waals surface area contributed by atoms with Crippen LogP contribution in [0.2, 0.25) is 0 Å². The first-order valence-corrected chi connectivity index (χ1v) is 9.49. The van der Waals surface area contributed by atoms with Gasteiger partial charge in [0.15, 0.2) is 0 Å². The predicted octanol–water partition coefficient (Wildman–Crippen LogP) is 3.59. The number of furan rings is 1. The van der Waals surface area contributed by atoms with E-state index >= 15 is 0 Å². The van der Waals surface area contributed by atoms with Crippen molar-refractivity contribution in [2.75, 3.05) is 12.8 Å². The van der Waals surface area contributed by atoms with Crippen molar-refractivity contribution in [2.24, 2.45) is 0 Å². The first kappa shape index (κ1) is 18.1. The highest BCUT2D eigenvalue weighted by Crippen LogP contribution is 2.48. The van der Waals surface area contributed by atoms with Crippen molar-refractivity contribution in [2.45, 2.75) is 12.5 Å². The highest BCUT2D eigenvalue weighted by molar-refractivity contribution is 5.62. The standard InChI is InChI=1S/C23H19N3O4/c1-28-16-7-4-14(5-8-16)20-18-9-6-15(27)11-19(18)30-23-21(20)22(24)26(13-25-23)12-17-3-2-10-29-17/h2-11,13,20,24,27H,12H2,1H3/p+1/t20-/m1/s1. The third-order valence-corrected chi connectivity index (χ3v) is 5.29. The second kappa shape index (κ2) is 7.11. The molecule has 0 radical (unpaired) electrons. The zero-order valence-corrected chi connectivity index (χ0v) is 16.3. The van der Waals surface area contributed by atoms with Gasteiger partial charge in [-0.3, -0.25) is 0 Å². The third-order valence-electron chi connectivity index (χ3n) is 5.29. The fourth-order valence-electron chi connectivity index (χ4n) is 3.82. The molecule has 3 heterocycles. The molecule has 30 heavy (non-hydrogen) atoms. The summed E-state index contributed by atoms with van der Waals surface area (Å²) in [6.07, 6.45) is 3.26. The van der Waals surface area contributed by atoms with Crippen molar-refractivity contribution in [1.29, 1.82) is 0 Å². The summed E-state index contributed by atoms with van der Waals surface area (Å²) in [5.74, 6) is 2.96. The maximum Gasteiger partial charge on any atom is 0.306 e. The molecule has 0 bridgehead atoms. The molecular weight excluding hydrogens is 382 g/mol. The van der Waals surface area contributed by atoms with E-state index in [2.05, 4.69) is 4.98 Å². The number of nitrogen functional groups attached to an aromatic ring is 1. The lowest BCUT2D eigenvalue weighted by molar-refractivity contribution is -0.679. The molecule has 0 unspecified atom stereocenters. The number of methoxy groups -OCH3 is 1. The van der Waals surface area contributed by atoms with Gasteiger partial charge < -0.3 is 24.7 Å². The van der Waals surface area contributed by atoms with Crippen molar-refractivity contribution >= 4 is 5.82 Å². The summed E-state index contributed by atoms with van der Waals surface area (Å²) in [7, 11) is 1.64. The number of benzene rings is 2. The first-order chi connectivity index (χ1) is 14.6. The van der Waals surface area contributed by atoms with E-state index in [1.54, 1.807) is 31.8 Å². The Morgan fingerprint density at radius 2 is 2.00 bits per heavy atom. The van der Waals surface area contributed by atoms with E-state index in [-0.39, 0.29) is 11.7 Å². The van der Waals surface area contributed by atoms with E-state index in [0.29, 0.717) is 24.0 Å². The second-order valence-corrected chi connectivity index (χ2v) is 7.09. The topological polar surface area (TPSA) is 94.6 Å². The maximum atomic E-state index is 9.95. The molecular formula is C23H20N3O4+. The lowest BCUT2D eigenvalue weighted by atomic mass is 9.83. The molecule has 0 saturated heterocycles. The smallest absolute Gasteiger partial charge is 0.306 e. The molecule has 4 aromatic rings. The molecule has 0 fully saturated rings. The number of anilines is 1. The van der Waals surface area contributed by atoms with Gasteiger partial charge in [0.1, 0.15) is 35.1 Å². The number of hydrogen-bond donors (Lipinski definition) is 2. The molecule has 150 valence electrons. The van der Waals surface area contributed by atoms with Gasteiger partial charge in [0, 0.05) is 11.6 Å². The summed E-state index contributed by atoms with van der Waals surface area (Å²) in [5.41, 5.74) is 9.30. The van der Waals surface area contributed by atoms with Crippen LogP contribution < -0.4 is 19.8 Å². The number of aromatic nitrogens is 2. The van der Waals surface area contributed by atoms with Crippen LogP contribution in [0, 0.1) is 0 Å². The van der Waals surface area contributed by atoms with Crippen molar-refractivity contribution < 1.29 is 23.6 Å². The minimum absolute atomic E-state index is 0.127. The SMILES string of the molecule is COc1ccc([C@@H]2c3ccc(O)cc3Oc3nc[n+](Cc4ccco4)c(N)c32)cc1. The number of phenolic OH excluding ortho intramolecular Hbond substituents is 1. The van der Waals surface area contributed by atoms with Gasteiger partial charge in [-0.05, 0) is 35.9 Å². The number of rotatable bonds is 4. The zero-order chi connectivity index (χ0) is 20.7. The van der Waals surface area contributed by atoms with Gasteiger partial charge >= 0.3 is 5.88 Å². The lowest BCUT2D eigenvalue weighted by Crippen LogP contribution is -2.40. The van der Waals surface area contributed by atoms with Crippen molar-refractivity contribution in [3.05, 3.63) is 89.6 Å². The molecule has 2 aromatic carbocycles. The number of nitrogens with zero attached hydrogens (tertiary/aromatic N) is 2. The van der Waals surface area contributed by atoms with Gasteiger partial charge in [0.2, 0.25) is 12.1 Å². The Morgan fingerprint density at radius 3 is 2.73 bits per heavy atom. The molecule has 2 aromatic heterocycles. The van der Waals surface area contributed by atoms with Crippen LogP contribution in [0.5, 0.6) is 23.1 Å². The first-order valence-electron chi connectivity index (χ1n) is 9.49. The summed E-state index contributed by atoms with van der Waals surface area (Å²) in [6.45, 7) is 0.455. The molecule has 3 N–H and O–H groups in total. The number of phenols is 1. The largest absolute Gasteiger partial charge is 0.508 e. The predicted molar refractivity (Wildman–Crippen MR) is 109 cm³/mol. The van der Waals surface area contributed by atoms with E-state index < -0.39 is 0 Å². The van der Waals surface area contributed by atoms with E-state index in [1.165, 1.54) is 0 Å². The van der Waals surface area contributed by atoms with E-state index in [1.807, 2.05) is 47.0 Å². The Morgan fingerprint density at radius 1 is 1.17 bits per heavy atom. The number of hydrogen-bond acceptors (Lipinski definition) is 6. The van der Waals surface area contributed by atoms with Gasteiger partial charge in [0.05, 0.1) is 19.3 Å². The van der Waals surface area contributed by atoms with Crippen molar-refractivity contribution in [3.63, 3.8) is 0 Å². The number of aromatic hydroxyl groups is 1. The van der Waals surface area contributed by atoms with E-state index in [4.69, 9.17) is 19.6 Å². The van der Waals surface area contributed by atoms with Gasteiger partial charge in [-0.1, -0.05) is 23.2 Å². The van der Waals surface area contributed by atoms with Gasteiger partial charge in [-0.25, -0.2) is 4.57 Å². The molecule has 1 aliphatic heterocycles. The summed E-state index contributed by atoms with van der Waals surface area (Å²) in [4.78, 5) is 4.51.